The summed E-state index contributed by atoms with van der Waals surface area (Å²) in [5, 5.41) is 2.77. The Morgan fingerprint density at radius 2 is 2.10 bits per heavy atom. The van der Waals surface area contributed by atoms with Crippen molar-refractivity contribution in [3.05, 3.63) is 30.3 Å². The SMILES string of the molecule is O=C1CCC(C(=O)N2CCC(CSc3ccccc3)C2)N1. The van der Waals surface area contributed by atoms with Crippen LogP contribution in [-0.2, 0) is 9.59 Å². The van der Waals surface area contributed by atoms with Crippen molar-refractivity contribution >= 4 is 23.6 Å². The third-order valence-corrected chi connectivity index (χ3v) is 5.36. The van der Waals surface area contributed by atoms with E-state index < -0.39 is 0 Å². The third-order valence-electron chi connectivity index (χ3n) is 4.12. The smallest absolute Gasteiger partial charge is 0.245 e. The van der Waals surface area contributed by atoms with E-state index >= 15 is 0 Å². The van der Waals surface area contributed by atoms with E-state index in [-0.39, 0.29) is 17.9 Å². The van der Waals surface area contributed by atoms with Gasteiger partial charge < -0.3 is 10.2 Å². The highest BCUT2D eigenvalue weighted by Crippen LogP contribution is 2.26. The van der Waals surface area contributed by atoms with E-state index in [9.17, 15) is 9.59 Å². The molecule has 0 bridgehead atoms. The molecular formula is C16H20N2O2S. The van der Waals surface area contributed by atoms with Crippen LogP contribution < -0.4 is 5.32 Å². The Labute approximate surface area is 129 Å². The molecule has 2 amide bonds. The van der Waals surface area contributed by atoms with Crippen LogP contribution >= 0.6 is 11.8 Å². The van der Waals surface area contributed by atoms with Crippen LogP contribution in [0.4, 0.5) is 0 Å². The highest BCUT2D eigenvalue weighted by atomic mass is 32.2. The summed E-state index contributed by atoms with van der Waals surface area (Å²) < 4.78 is 0. The fraction of sp³-hybridized carbons (Fsp3) is 0.500. The second kappa shape index (κ2) is 6.52. The maximum Gasteiger partial charge on any atom is 0.245 e. The van der Waals surface area contributed by atoms with Crippen molar-refractivity contribution in [1.82, 2.24) is 10.2 Å². The summed E-state index contributed by atoms with van der Waals surface area (Å²) in [6.07, 6.45) is 2.20. The number of amides is 2. The Morgan fingerprint density at radius 1 is 1.29 bits per heavy atom. The summed E-state index contributed by atoms with van der Waals surface area (Å²) in [6, 6.07) is 10.1. The van der Waals surface area contributed by atoms with Gasteiger partial charge in [0.1, 0.15) is 6.04 Å². The Morgan fingerprint density at radius 3 is 2.81 bits per heavy atom. The van der Waals surface area contributed by atoms with Crippen LogP contribution in [0.3, 0.4) is 0 Å². The van der Waals surface area contributed by atoms with Crippen LogP contribution in [0.2, 0.25) is 0 Å². The number of hydrogen-bond acceptors (Lipinski definition) is 3. The molecule has 0 spiro atoms. The fourth-order valence-electron chi connectivity index (χ4n) is 2.92. The summed E-state index contributed by atoms with van der Waals surface area (Å²) in [5.41, 5.74) is 0. The number of rotatable bonds is 4. The van der Waals surface area contributed by atoms with E-state index in [1.165, 1.54) is 4.90 Å². The Kier molecular flexibility index (Phi) is 4.48. The first-order chi connectivity index (χ1) is 10.2. The predicted octanol–water partition coefficient (Wildman–Crippen LogP) is 1.91. The van der Waals surface area contributed by atoms with Gasteiger partial charge in [0.05, 0.1) is 0 Å². The molecule has 21 heavy (non-hydrogen) atoms. The number of nitrogens with zero attached hydrogens (tertiary/aromatic N) is 1. The van der Waals surface area contributed by atoms with Gasteiger partial charge in [0, 0.05) is 30.2 Å². The van der Waals surface area contributed by atoms with Crippen LogP contribution in [-0.4, -0.2) is 41.6 Å². The second-order valence-corrected chi connectivity index (χ2v) is 6.82. The molecule has 2 aliphatic heterocycles. The van der Waals surface area contributed by atoms with E-state index in [4.69, 9.17) is 0 Å². The molecule has 0 saturated carbocycles. The minimum atomic E-state index is -0.280. The molecule has 0 radical (unpaired) electrons. The van der Waals surface area contributed by atoms with Gasteiger partial charge in [0.2, 0.25) is 11.8 Å². The molecule has 2 aliphatic rings. The number of likely N-dealkylation sites (tertiary alicyclic amines) is 1. The molecule has 2 saturated heterocycles. The lowest BCUT2D eigenvalue weighted by Gasteiger charge is -2.20. The van der Waals surface area contributed by atoms with Crippen molar-refractivity contribution in [2.45, 2.75) is 30.2 Å². The average Bonchev–Trinajstić information content (AvgIpc) is 3.14. The lowest BCUT2D eigenvalue weighted by molar-refractivity contribution is -0.133. The molecule has 3 rings (SSSR count). The van der Waals surface area contributed by atoms with Crippen LogP contribution in [0.5, 0.6) is 0 Å². The Balaban J connectivity index is 1.47. The minimum Gasteiger partial charge on any atom is -0.344 e. The van der Waals surface area contributed by atoms with Gasteiger partial charge in [-0.3, -0.25) is 9.59 Å². The van der Waals surface area contributed by atoms with Gasteiger partial charge >= 0.3 is 0 Å². The molecule has 2 heterocycles. The lowest BCUT2D eigenvalue weighted by Crippen LogP contribution is -2.43. The van der Waals surface area contributed by atoms with Crippen molar-refractivity contribution in [2.75, 3.05) is 18.8 Å². The maximum absolute atomic E-state index is 12.3. The largest absolute Gasteiger partial charge is 0.344 e. The first-order valence-electron chi connectivity index (χ1n) is 7.48. The van der Waals surface area contributed by atoms with Crippen molar-refractivity contribution in [2.24, 2.45) is 5.92 Å². The van der Waals surface area contributed by atoms with E-state index in [1.54, 1.807) is 0 Å². The summed E-state index contributed by atoms with van der Waals surface area (Å²) in [4.78, 5) is 26.7. The number of benzene rings is 1. The van der Waals surface area contributed by atoms with Crippen molar-refractivity contribution in [1.29, 1.82) is 0 Å². The van der Waals surface area contributed by atoms with Crippen LogP contribution in [0, 0.1) is 5.92 Å². The molecule has 0 aliphatic carbocycles. The zero-order valence-corrected chi connectivity index (χ0v) is 12.8. The zero-order chi connectivity index (χ0) is 14.7. The fourth-order valence-corrected chi connectivity index (χ4v) is 3.97. The normalized spacial score (nSPS) is 25.1. The van der Waals surface area contributed by atoms with Gasteiger partial charge in [-0.05, 0) is 30.9 Å². The van der Waals surface area contributed by atoms with Crippen molar-refractivity contribution in [3.8, 4) is 0 Å². The van der Waals surface area contributed by atoms with Gasteiger partial charge in [0.25, 0.3) is 0 Å². The number of carbonyl (C=O) groups excluding carboxylic acids is 2. The van der Waals surface area contributed by atoms with Gasteiger partial charge in [-0.2, -0.15) is 0 Å². The summed E-state index contributed by atoms with van der Waals surface area (Å²) in [7, 11) is 0. The number of hydrogen-bond donors (Lipinski definition) is 1. The van der Waals surface area contributed by atoms with Gasteiger partial charge in [-0.1, -0.05) is 18.2 Å². The molecule has 2 fully saturated rings. The second-order valence-electron chi connectivity index (χ2n) is 5.72. The molecule has 2 atom stereocenters. The highest BCUT2D eigenvalue weighted by Gasteiger charge is 2.34. The van der Waals surface area contributed by atoms with Gasteiger partial charge in [0.15, 0.2) is 0 Å². The average molecular weight is 304 g/mol. The quantitative estimate of drug-likeness (QED) is 0.865. The van der Waals surface area contributed by atoms with Crippen LogP contribution in [0.15, 0.2) is 35.2 Å². The lowest BCUT2D eigenvalue weighted by atomic mass is 10.1. The molecule has 1 aromatic carbocycles. The summed E-state index contributed by atoms with van der Waals surface area (Å²) in [6.45, 7) is 1.65. The maximum atomic E-state index is 12.3. The molecule has 4 nitrogen and oxygen atoms in total. The van der Waals surface area contributed by atoms with Crippen molar-refractivity contribution in [3.63, 3.8) is 0 Å². The predicted molar refractivity (Wildman–Crippen MR) is 83.0 cm³/mol. The molecule has 0 aromatic heterocycles. The van der Waals surface area contributed by atoms with Crippen LogP contribution in [0.1, 0.15) is 19.3 Å². The van der Waals surface area contributed by atoms with Gasteiger partial charge in [-0.15, -0.1) is 11.8 Å². The first-order valence-corrected chi connectivity index (χ1v) is 8.47. The highest BCUT2D eigenvalue weighted by molar-refractivity contribution is 7.99. The van der Waals surface area contributed by atoms with E-state index in [0.717, 1.165) is 25.3 Å². The van der Waals surface area contributed by atoms with Gasteiger partial charge in [-0.25, -0.2) is 0 Å². The molecular weight excluding hydrogens is 284 g/mol. The number of carbonyl (C=O) groups is 2. The molecule has 5 heteroatoms. The molecule has 1 aromatic rings. The summed E-state index contributed by atoms with van der Waals surface area (Å²) in [5.74, 6) is 1.71. The van der Waals surface area contributed by atoms with E-state index in [1.807, 2.05) is 22.7 Å². The van der Waals surface area contributed by atoms with E-state index in [0.29, 0.717) is 18.8 Å². The van der Waals surface area contributed by atoms with Crippen LogP contribution in [0.25, 0.3) is 0 Å². The number of nitrogens with one attached hydrogen (secondary N) is 1. The Hall–Kier alpha value is -1.49. The summed E-state index contributed by atoms with van der Waals surface area (Å²) >= 11 is 1.86. The first kappa shape index (κ1) is 14.4. The standard InChI is InChI=1S/C16H20N2O2S/c19-15-7-6-14(17-15)16(20)18-9-8-12(10-18)11-21-13-4-2-1-3-5-13/h1-5,12,14H,6-11H2,(H,17,19). The number of thioether (sulfide) groups is 1. The third kappa shape index (κ3) is 3.59. The molecule has 112 valence electrons. The minimum absolute atomic E-state index is 0.00345. The van der Waals surface area contributed by atoms with Crippen molar-refractivity contribution < 1.29 is 9.59 Å². The monoisotopic (exact) mass is 304 g/mol. The zero-order valence-electron chi connectivity index (χ0n) is 12.0. The Bertz CT molecular complexity index is 520. The van der Waals surface area contributed by atoms with E-state index in [2.05, 4.69) is 29.6 Å². The topological polar surface area (TPSA) is 49.4 Å². The molecule has 1 N–H and O–H groups in total. The molecule has 2 unspecified atom stereocenters.